The molecule has 0 amide bonds. The maximum Gasteiger partial charge on any atom is 0.108 e. The van der Waals surface area contributed by atoms with E-state index in [0.29, 0.717) is 5.41 Å². The quantitative estimate of drug-likeness (QED) is 0.709. The first-order valence-electron chi connectivity index (χ1n) is 4.64. The number of likely N-dealkylation sites (N-methyl/N-ethyl adjacent to an activating group) is 2. The molecular formula is C10H21N3. The van der Waals surface area contributed by atoms with Crippen molar-refractivity contribution >= 4 is 0 Å². The molecule has 13 heavy (non-hydrogen) atoms. The summed E-state index contributed by atoms with van der Waals surface area (Å²) in [4.78, 5) is 2.18. The molecule has 0 aromatic rings. The summed E-state index contributed by atoms with van der Waals surface area (Å²) in [6.07, 6.45) is 0. The summed E-state index contributed by atoms with van der Waals surface area (Å²) in [5.74, 6) is 0. The van der Waals surface area contributed by atoms with Gasteiger partial charge in [0.2, 0.25) is 0 Å². The van der Waals surface area contributed by atoms with E-state index in [1.165, 1.54) is 0 Å². The summed E-state index contributed by atoms with van der Waals surface area (Å²) in [7, 11) is 3.87. The monoisotopic (exact) mass is 183 g/mol. The third-order valence-electron chi connectivity index (χ3n) is 1.74. The molecule has 0 aromatic carbocycles. The molecular weight excluding hydrogens is 162 g/mol. The second-order valence-electron chi connectivity index (χ2n) is 4.73. The Bertz CT molecular complexity index is 176. The van der Waals surface area contributed by atoms with Gasteiger partial charge in [-0.15, -0.1) is 0 Å². The van der Waals surface area contributed by atoms with Gasteiger partial charge in [-0.05, 0) is 19.5 Å². The highest BCUT2D eigenvalue weighted by atomic mass is 15.1. The summed E-state index contributed by atoms with van der Waals surface area (Å²) in [5.41, 5.74) is 0.294. The highest BCUT2D eigenvalue weighted by molar-refractivity contribution is 4.90. The van der Waals surface area contributed by atoms with Crippen LogP contribution in [-0.2, 0) is 0 Å². The number of nitriles is 1. The van der Waals surface area contributed by atoms with Crippen LogP contribution in [0.3, 0.4) is 0 Å². The normalized spacial score (nSPS) is 14.2. The van der Waals surface area contributed by atoms with E-state index in [-0.39, 0.29) is 6.04 Å². The van der Waals surface area contributed by atoms with Crippen LogP contribution in [0.25, 0.3) is 0 Å². The lowest BCUT2D eigenvalue weighted by Crippen LogP contribution is -2.39. The molecule has 0 heterocycles. The molecule has 0 aliphatic carbocycles. The standard InChI is InChI=1S/C10H21N3/c1-10(2,3)8-13(5)7-9(6-11)12-4/h9,12H,7-8H2,1-5H3. The molecule has 1 atom stereocenters. The lowest BCUT2D eigenvalue weighted by Gasteiger charge is -2.27. The maximum absolute atomic E-state index is 8.73. The molecule has 0 aliphatic rings. The highest BCUT2D eigenvalue weighted by Crippen LogP contribution is 2.13. The fourth-order valence-corrected chi connectivity index (χ4v) is 1.38. The van der Waals surface area contributed by atoms with Gasteiger partial charge in [0.25, 0.3) is 0 Å². The van der Waals surface area contributed by atoms with Gasteiger partial charge in [-0.1, -0.05) is 20.8 Å². The van der Waals surface area contributed by atoms with E-state index in [9.17, 15) is 0 Å². The predicted molar refractivity (Wildman–Crippen MR) is 55.4 cm³/mol. The number of nitrogens with zero attached hydrogens (tertiary/aromatic N) is 2. The lowest BCUT2D eigenvalue weighted by molar-refractivity contribution is 0.219. The topological polar surface area (TPSA) is 39.1 Å². The lowest BCUT2D eigenvalue weighted by atomic mass is 9.96. The van der Waals surface area contributed by atoms with Crippen LogP contribution < -0.4 is 5.32 Å². The summed E-state index contributed by atoms with van der Waals surface area (Å²) in [6.45, 7) is 8.38. The van der Waals surface area contributed by atoms with Crippen molar-refractivity contribution in [3.63, 3.8) is 0 Å². The van der Waals surface area contributed by atoms with Crippen molar-refractivity contribution in [2.45, 2.75) is 26.8 Å². The third kappa shape index (κ3) is 6.56. The predicted octanol–water partition coefficient (Wildman–Crippen LogP) is 1.08. The molecule has 0 spiro atoms. The van der Waals surface area contributed by atoms with Crippen LogP contribution in [0.15, 0.2) is 0 Å². The molecule has 1 unspecified atom stereocenters. The van der Waals surface area contributed by atoms with Crippen LogP contribution in [0.4, 0.5) is 0 Å². The van der Waals surface area contributed by atoms with Gasteiger partial charge in [0.15, 0.2) is 0 Å². The smallest absolute Gasteiger partial charge is 0.108 e. The van der Waals surface area contributed by atoms with Crippen LogP contribution in [-0.4, -0.2) is 38.1 Å². The fourth-order valence-electron chi connectivity index (χ4n) is 1.38. The SMILES string of the molecule is CNC(C#N)CN(C)CC(C)(C)C. The van der Waals surface area contributed by atoms with Crippen molar-refractivity contribution < 1.29 is 0 Å². The first kappa shape index (κ1) is 12.4. The van der Waals surface area contributed by atoms with Gasteiger partial charge in [-0.3, -0.25) is 0 Å². The number of hydrogen-bond donors (Lipinski definition) is 1. The van der Waals surface area contributed by atoms with Gasteiger partial charge in [0.05, 0.1) is 6.07 Å². The molecule has 3 nitrogen and oxygen atoms in total. The molecule has 0 aliphatic heterocycles. The van der Waals surface area contributed by atoms with E-state index in [0.717, 1.165) is 13.1 Å². The van der Waals surface area contributed by atoms with E-state index in [4.69, 9.17) is 5.26 Å². The molecule has 3 heteroatoms. The Kier molecular flexibility index (Phi) is 4.97. The van der Waals surface area contributed by atoms with E-state index in [2.05, 4.69) is 37.1 Å². The van der Waals surface area contributed by atoms with Crippen molar-refractivity contribution in [1.82, 2.24) is 10.2 Å². The first-order valence-corrected chi connectivity index (χ1v) is 4.64. The van der Waals surface area contributed by atoms with E-state index >= 15 is 0 Å². The second kappa shape index (κ2) is 5.21. The summed E-state index contributed by atoms with van der Waals surface area (Å²) >= 11 is 0. The molecule has 76 valence electrons. The van der Waals surface area contributed by atoms with E-state index in [1.807, 2.05) is 14.1 Å². The van der Waals surface area contributed by atoms with Gasteiger partial charge in [0.1, 0.15) is 6.04 Å². The Morgan fingerprint density at radius 3 is 2.31 bits per heavy atom. The fraction of sp³-hybridized carbons (Fsp3) is 0.900. The van der Waals surface area contributed by atoms with Crippen LogP contribution in [0, 0.1) is 16.7 Å². The van der Waals surface area contributed by atoms with Gasteiger partial charge in [-0.25, -0.2) is 0 Å². The summed E-state index contributed by atoms with van der Waals surface area (Å²) < 4.78 is 0. The second-order valence-corrected chi connectivity index (χ2v) is 4.73. The molecule has 0 aromatic heterocycles. The van der Waals surface area contributed by atoms with Crippen molar-refractivity contribution in [1.29, 1.82) is 5.26 Å². The molecule has 0 bridgehead atoms. The van der Waals surface area contributed by atoms with Gasteiger partial charge in [-0.2, -0.15) is 5.26 Å². The molecule has 0 saturated carbocycles. The van der Waals surface area contributed by atoms with Crippen molar-refractivity contribution in [3.8, 4) is 6.07 Å². The zero-order valence-electron chi connectivity index (χ0n) is 9.39. The van der Waals surface area contributed by atoms with Gasteiger partial charge in [0, 0.05) is 13.1 Å². The number of hydrogen-bond acceptors (Lipinski definition) is 3. The van der Waals surface area contributed by atoms with Gasteiger partial charge < -0.3 is 10.2 Å². The molecule has 0 saturated heterocycles. The maximum atomic E-state index is 8.73. The molecule has 0 rings (SSSR count). The molecule has 0 radical (unpaired) electrons. The highest BCUT2D eigenvalue weighted by Gasteiger charge is 2.15. The minimum atomic E-state index is -0.0626. The van der Waals surface area contributed by atoms with Crippen LogP contribution in [0.5, 0.6) is 0 Å². The molecule has 1 N–H and O–H groups in total. The zero-order chi connectivity index (χ0) is 10.5. The Hall–Kier alpha value is -0.590. The van der Waals surface area contributed by atoms with Crippen molar-refractivity contribution in [2.75, 3.05) is 27.2 Å². The van der Waals surface area contributed by atoms with Crippen LogP contribution in [0.2, 0.25) is 0 Å². The Labute approximate surface area is 81.7 Å². The Morgan fingerprint density at radius 1 is 1.46 bits per heavy atom. The first-order chi connectivity index (χ1) is 5.89. The summed E-state index contributed by atoms with van der Waals surface area (Å²) in [6, 6.07) is 2.15. The summed E-state index contributed by atoms with van der Waals surface area (Å²) in [5, 5.41) is 11.7. The number of rotatable bonds is 4. The van der Waals surface area contributed by atoms with E-state index in [1.54, 1.807) is 0 Å². The van der Waals surface area contributed by atoms with E-state index < -0.39 is 0 Å². The largest absolute Gasteiger partial charge is 0.304 e. The van der Waals surface area contributed by atoms with Crippen LogP contribution >= 0.6 is 0 Å². The zero-order valence-corrected chi connectivity index (χ0v) is 9.39. The molecule has 0 fully saturated rings. The average molecular weight is 183 g/mol. The van der Waals surface area contributed by atoms with Crippen molar-refractivity contribution in [3.05, 3.63) is 0 Å². The third-order valence-corrected chi connectivity index (χ3v) is 1.74. The van der Waals surface area contributed by atoms with Crippen molar-refractivity contribution in [2.24, 2.45) is 5.41 Å². The minimum Gasteiger partial charge on any atom is -0.304 e. The Balaban J connectivity index is 3.87. The number of nitrogens with one attached hydrogen (secondary N) is 1. The Morgan fingerprint density at radius 2 is 2.00 bits per heavy atom. The van der Waals surface area contributed by atoms with Crippen LogP contribution in [0.1, 0.15) is 20.8 Å². The average Bonchev–Trinajstić information content (AvgIpc) is 1.96. The van der Waals surface area contributed by atoms with Gasteiger partial charge >= 0.3 is 0 Å². The minimum absolute atomic E-state index is 0.0626.